The van der Waals surface area contributed by atoms with Crippen molar-refractivity contribution in [3.05, 3.63) is 36.0 Å². The van der Waals surface area contributed by atoms with Crippen LogP contribution in [0.3, 0.4) is 0 Å². The van der Waals surface area contributed by atoms with E-state index in [4.69, 9.17) is 9.47 Å². The van der Waals surface area contributed by atoms with Gasteiger partial charge in [-0.2, -0.15) is 9.57 Å². The van der Waals surface area contributed by atoms with Gasteiger partial charge in [-0.1, -0.05) is 0 Å². The van der Waals surface area contributed by atoms with Crippen LogP contribution < -0.4 is 15.4 Å². The maximum atomic E-state index is 13.5. The highest BCUT2D eigenvalue weighted by molar-refractivity contribution is 7.89. The van der Waals surface area contributed by atoms with E-state index in [-0.39, 0.29) is 4.90 Å². The molecule has 1 aromatic carbocycles. The second kappa shape index (κ2) is 11.2. The number of aromatic amines is 1. The molecule has 0 atom stereocenters. The summed E-state index contributed by atoms with van der Waals surface area (Å²) >= 11 is 0. The van der Waals surface area contributed by atoms with Crippen molar-refractivity contribution in [3.63, 3.8) is 0 Å². The van der Waals surface area contributed by atoms with E-state index in [0.29, 0.717) is 53.6 Å². The Hall–Kier alpha value is -3.37. The summed E-state index contributed by atoms with van der Waals surface area (Å²) < 4.78 is 39.7. The van der Waals surface area contributed by atoms with Gasteiger partial charge in [-0.3, -0.25) is 4.90 Å². The van der Waals surface area contributed by atoms with Crippen LogP contribution in [0.5, 0.6) is 5.75 Å². The lowest BCUT2D eigenvalue weighted by Gasteiger charge is -2.39. The molecule has 3 aliphatic rings. The first kappa shape index (κ1) is 26.8. The number of nitrogens with zero attached hydrogens (tertiary/aromatic N) is 4. The van der Waals surface area contributed by atoms with Gasteiger partial charge in [0.05, 0.1) is 47.5 Å². The summed E-state index contributed by atoms with van der Waals surface area (Å²) in [4.78, 5) is 10.4. The van der Waals surface area contributed by atoms with Crippen molar-refractivity contribution in [1.82, 2.24) is 19.2 Å². The Morgan fingerprint density at radius 3 is 2.55 bits per heavy atom. The molecule has 0 amide bonds. The number of anilines is 3. The number of pyridine rings is 1. The number of rotatable bonds is 8. The summed E-state index contributed by atoms with van der Waals surface area (Å²) in [5.41, 5.74) is 2.58. The molecule has 0 spiro atoms. The number of hydrogen-bond acceptors (Lipinski definition) is 9. The quantitative estimate of drug-likeness (QED) is 0.374. The molecule has 0 unspecified atom stereocenters. The van der Waals surface area contributed by atoms with E-state index in [1.54, 1.807) is 28.7 Å². The summed E-state index contributed by atoms with van der Waals surface area (Å²) in [6.45, 7) is 4.29. The number of H-pyrrole nitrogens is 1. The highest BCUT2D eigenvalue weighted by Crippen LogP contribution is 2.36. The van der Waals surface area contributed by atoms with Crippen molar-refractivity contribution in [2.45, 2.75) is 49.1 Å². The van der Waals surface area contributed by atoms with Gasteiger partial charge in [-0.05, 0) is 44.2 Å². The number of fused-ring (bicyclic) bond motifs is 1. The Morgan fingerprint density at radius 2 is 1.88 bits per heavy atom. The topological polar surface area (TPSA) is 136 Å². The minimum atomic E-state index is -3.66. The van der Waals surface area contributed by atoms with Crippen molar-refractivity contribution in [2.75, 3.05) is 57.1 Å². The number of ether oxygens (including phenoxy) is 2. The molecule has 0 bridgehead atoms. The normalized spacial score (nSPS) is 19.7. The van der Waals surface area contributed by atoms with Crippen LogP contribution in [0.15, 0.2) is 35.4 Å². The molecule has 2 saturated heterocycles. The molecule has 40 heavy (non-hydrogen) atoms. The summed E-state index contributed by atoms with van der Waals surface area (Å²) in [6.07, 6.45) is 6.66. The lowest BCUT2D eigenvalue weighted by atomic mass is 9.93. The third-order valence-corrected chi connectivity index (χ3v) is 10.2. The smallest absolute Gasteiger partial charge is 0.243 e. The average Bonchev–Trinajstić information content (AvgIpc) is 3.39. The molecule has 12 heteroatoms. The SMILES string of the molecule is COc1cc(S(=O)(=O)N2CCC(N3CCOCC3)CC2)ccc1Nc1cc(NC2CCC2)c2c(C#N)c[nH]c2n1. The average molecular weight is 566 g/mol. The van der Waals surface area contributed by atoms with Crippen LogP contribution in [0.1, 0.15) is 37.7 Å². The van der Waals surface area contributed by atoms with Gasteiger partial charge in [-0.25, -0.2) is 13.4 Å². The fourth-order valence-corrected chi connectivity index (χ4v) is 7.27. The van der Waals surface area contributed by atoms with Crippen LogP contribution >= 0.6 is 0 Å². The molecule has 3 fully saturated rings. The zero-order valence-corrected chi connectivity index (χ0v) is 23.5. The number of aromatic nitrogens is 2. The fourth-order valence-electron chi connectivity index (χ4n) is 5.79. The van der Waals surface area contributed by atoms with E-state index in [0.717, 1.165) is 63.1 Å². The van der Waals surface area contributed by atoms with Crippen LogP contribution in [-0.4, -0.2) is 86.2 Å². The number of methoxy groups -OCH3 is 1. The zero-order valence-electron chi connectivity index (χ0n) is 22.6. The number of nitriles is 1. The number of piperidine rings is 1. The third-order valence-electron chi connectivity index (χ3n) is 8.29. The highest BCUT2D eigenvalue weighted by atomic mass is 32.2. The zero-order chi connectivity index (χ0) is 27.7. The highest BCUT2D eigenvalue weighted by Gasteiger charge is 2.32. The lowest BCUT2D eigenvalue weighted by molar-refractivity contribution is 0.00610. The van der Waals surface area contributed by atoms with Gasteiger partial charge in [-0.15, -0.1) is 0 Å². The summed E-state index contributed by atoms with van der Waals surface area (Å²) in [5, 5.41) is 17.2. The molecule has 1 saturated carbocycles. The number of benzene rings is 1. The van der Waals surface area contributed by atoms with E-state index in [1.165, 1.54) is 13.5 Å². The minimum Gasteiger partial charge on any atom is -0.495 e. The summed E-state index contributed by atoms with van der Waals surface area (Å²) in [6, 6.07) is 9.79. The van der Waals surface area contributed by atoms with Gasteiger partial charge in [0.1, 0.15) is 23.3 Å². The first-order valence-corrected chi connectivity index (χ1v) is 15.4. The number of sulfonamides is 1. The Balaban J connectivity index is 1.21. The molecule has 1 aliphatic carbocycles. The number of morpholine rings is 1. The van der Waals surface area contributed by atoms with Gasteiger partial charge in [0.25, 0.3) is 0 Å². The molecule has 4 heterocycles. The first-order chi connectivity index (χ1) is 19.5. The monoisotopic (exact) mass is 565 g/mol. The molecule has 3 aromatic rings. The standard InChI is InChI=1S/C28H35N7O4S/c1-38-25-15-22(40(36,37)35-9-7-21(8-10-35)34-11-13-39-14-12-34)5-6-23(25)32-26-16-24(31-20-3-2-4-20)27-19(17-29)18-30-28(27)33-26/h5-6,15-16,18,20-21H,2-4,7-14H2,1H3,(H3,30,31,32,33). The summed E-state index contributed by atoms with van der Waals surface area (Å²) in [7, 11) is -2.14. The van der Waals surface area contributed by atoms with E-state index < -0.39 is 10.0 Å². The van der Waals surface area contributed by atoms with Crippen LogP contribution in [0.25, 0.3) is 11.0 Å². The van der Waals surface area contributed by atoms with Crippen molar-refractivity contribution in [3.8, 4) is 11.8 Å². The van der Waals surface area contributed by atoms with Crippen LogP contribution in [0.4, 0.5) is 17.2 Å². The second-order valence-electron chi connectivity index (χ2n) is 10.6. The summed E-state index contributed by atoms with van der Waals surface area (Å²) in [5.74, 6) is 0.962. The molecule has 3 N–H and O–H groups in total. The molecule has 2 aliphatic heterocycles. The fraction of sp³-hybridized carbons (Fsp3) is 0.500. The molecule has 6 rings (SSSR count). The molecule has 11 nitrogen and oxygen atoms in total. The van der Waals surface area contributed by atoms with Gasteiger partial charge in [0.15, 0.2) is 0 Å². The predicted molar refractivity (Wildman–Crippen MR) is 153 cm³/mol. The van der Waals surface area contributed by atoms with Crippen molar-refractivity contribution in [1.29, 1.82) is 5.26 Å². The van der Waals surface area contributed by atoms with Crippen molar-refractivity contribution in [2.24, 2.45) is 0 Å². The minimum absolute atomic E-state index is 0.207. The second-order valence-corrected chi connectivity index (χ2v) is 12.6. The Kier molecular flexibility index (Phi) is 7.55. The lowest BCUT2D eigenvalue weighted by Crippen LogP contribution is -2.50. The van der Waals surface area contributed by atoms with Crippen molar-refractivity contribution < 1.29 is 17.9 Å². The van der Waals surface area contributed by atoms with Crippen LogP contribution in [0, 0.1) is 11.3 Å². The van der Waals surface area contributed by atoms with Crippen LogP contribution in [-0.2, 0) is 14.8 Å². The molecular weight excluding hydrogens is 530 g/mol. The molecule has 2 aromatic heterocycles. The molecule has 0 radical (unpaired) electrons. The maximum Gasteiger partial charge on any atom is 0.243 e. The van der Waals surface area contributed by atoms with E-state index in [1.807, 2.05) is 6.07 Å². The molecular formula is C28H35N7O4S. The van der Waals surface area contributed by atoms with E-state index in [9.17, 15) is 13.7 Å². The first-order valence-electron chi connectivity index (χ1n) is 13.9. The number of hydrogen-bond donors (Lipinski definition) is 3. The Bertz CT molecular complexity index is 1520. The third kappa shape index (κ3) is 5.22. The van der Waals surface area contributed by atoms with E-state index in [2.05, 4.69) is 31.6 Å². The number of nitrogens with one attached hydrogen (secondary N) is 3. The maximum absolute atomic E-state index is 13.5. The molecule has 212 valence electrons. The van der Waals surface area contributed by atoms with Gasteiger partial charge in [0, 0.05) is 56.6 Å². The Morgan fingerprint density at radius 1 is 1.10 bits per heavy atom. The predicted octanol–water partition coefficient (Wildman–Crippen LogP) is 3.64. The Labute approximate surface area is 234 Å². The van der Waals surface area contributed by atoms with E-state index >= 15 is 0 Å². The van der Waals surface area contributed by atoms with Crippen molar-refractivity contribution >= 4 is 38.2 Å². The largest absolute Gasteiger partial charge is 0.495 e. The van der Waals surface area contributed by atoms with Gasteiger partial charge >= 0.3 is 0 Å². The van der Waals surface area contributed by atoms with Gasteiger partial charge in [0.2, 0.25) is 10.0 Å². The van der Waals surface area contributed by atoms with Crippen LogP contribution in [0.2, 0.25) is 0 Å². The van der Waals surface area contributed by atoms with Gasteiger partial charge < -0.3 is 25.1 Å².